The van der Waals surface area contributed by atoms with E-state index in [0.29, 0.717) is 25.7 Å². The van der Waals surface area contributed by atoms with Crippen LogP contribution in [-0.2, 0) is 16.1 Å². The molecule has 8 nitrogen and oxygen atoms in total. The van der Waals surface area contributed by atoms with Crippen molar-refractivity contribution in [3.8, 4) is 16.9 Å². The van der Waals surface area contributed by atoms with Crippen molar-refractivity contribution < 1.29 is 19.4 Å². The molecule has 1 amide bonds. The molecule has 3 fully saturated rings. The Labute approximate surface area is 270 Å². The zero-order valence-corrected chi connectivity index (χ0v) is 26.4. The van der Waals surface area contributed by atoms with E-state index in [1.54, 1.807) is 0 Å². The maximum absolute atomic E-state index is 14.3. The predicted octanol–water partition coefficient (Wildman–Crippen LogP) is 6.04. The molecule has 46 heavy (non-hydrogen) atoms. The molecule has 1 aliphatic carbocycles. The highest BCUT2D eigenvalue weighted by atomic mass is 16.5. The number of aromatic amines is 1. The molecule has 0 bridgehead atoms. The summed E-state index contributed by atoms with van der Waals surface area (Å²) >= 11 is 0. The van der Waals surface area contributed by atoms with Crippen molar-refractivity contribution in [3.05, 3.63) is 90.1 Å². The molecule has 7 rings (SSSR count). The van der Waals surface area contributed by atoms with Gasteiger partial charge in [-0.05, 0) is 98.0 Å². The van der Waals surface area contributed by atoms with Gasteiger partial charge in [-0.2, -0.15) is 0 Å². The molecule has 1 aromatic heterocycles. The Balaban J connectivity index is 1.01. The van der Waals surface area contributed by atoms with E-state index in [1.807, 2.05) is 18.2 Å². The van der Waals surface area contributed by atoms with Crippen molar-refractivity contribution in [1.82, 2.24) is 20.1 Å². The SMILES string of the molecule is O=C(O)C1CCCN1CCCOc1ccc(-c2cccc([C@H]3CCNC[C@@H]3C(=O)N(Cc3c[nH]c4ccccc34)C3CC3)c2)cc1. The molecule has 0 spiro atoms. The third kappa shape index (κ3) is 6.69. The molecule has 240 valence electrons. The van der Waals surface area contributed by atoms with E-state index in [-0.39, 0.29) is 23.8 Å². The van der Waals surface area contributed by atoms with Crippen molar-refractivity contribution in [2.24, 2.45) is 5.92 Å². The van der Waals surface area contributed by atoms with Gasteiger partial charge in [0.05, 0.1) is 12.5 Å². The fourth-order valence-electron chi connectivity index (χ4n) is 7.47. The Morgan fingerprint density at radius 3 is 2.63 bits per heavy atom. The topological polar surface area (TPSA) is 97.9 Å². The third-order valence-electron chi connectivity index (χ3n) is 10.1. The van der Waals surface area contributed by atoms with Crippen LogP contribution in [0.5, 0.6) is 5.75 Å². The van der Waals surface area contributed by atoms with E-state index >= 15 is 0 Å². The molecule has 2 aliphatic heterocycles. The van der Waals surface area contributed by atoms with Crippen LogP contribution in [0.1, 0.15) is 55.6 Å². The van der Waals surface area contributed by atoms with Crippen LogP contribution >= 0.6 is 0 Å². The summed E-state index contributed by atoms with van der Waals surface area (Å²) < 4.78 is 5.99. The largest absolute Gasteiger partial charge is 0.494 e. The summed E-state index contributed by atoms with van der Waals surface area (Å²) in [5.74, 6) is 0.423. The quantitative estimate of drug-likeness (QED) is 0.167. The predicted molar refractivity (Wildman–Crippen MR) is 180 cm³/mol. The van der Waals surface area contributed by atoms with Crippen LogP contribution in [0.4, 0.5) is 0 Å². The average molecular weight is 621 g/mol. The van der Waals surface area contributed by atoms with Crippen molar-refractivity contribution in [2.45, 2.75) is 63.1 Å². The second kappa shape index (κ2) is 13.7. The molecule has 8 heteroatoms. The number of amides is 1. The first-order valence-corrected chi connectivity index (χ1v) is 16.9. The van der Waals surface area contributed by atoms with Gasteiger partial charge < -0.3 is 25.0 Å². The number of carboxylic acids is 1. The lowest BCUT2D eigenvalue weighted by Gasteiger charge is -2.36. The number of hydrogen-bond acceptors (Lipinski definition) is 5. The zero-order valence-electron chi connectivity index (χ0n) is 26.4. The van der Waals surface area contributed by atoms with Crippen molar-refractivity contribution >= 4 is 22.8 Å². The van der Waals surface area contributed by atoms with Crippen LogP contribution in [-0.4, -0.2) is 76.6 Å². The number of carboxylic acid groups (broad SMARTS) is 1. The lowest BCUT2D eigenvalue weighted by Crippen LogP contribution is -2.47. The number of rotatable bonds is 12. The van der Waals surface area contributed by atoms with Gasteiger partial charge in [0.15, 0.2) is 0 Å². The first kappa shape index (κ1) is 30.5. The normalized spacial score (nSPS) is 21.8. The van der Waals surface area contributed by atoms with Crippen LogP contribution in [0.15, 0.2) is 79.0 Å². The Morgan fingerprint density at radius 1 is 0.957 bits per heavy atom. The minimum absolute atomic E-state index is 0.100. The van der Waals surface area contributed by atoms with Crippen LogP contribution in [0.3, 0.4) is 0 Å². The number of H-pyrrole nitrogens is 1. The lowest BCUT2D eigenvalue weighted by atomic mass is 9.79. The molecule has 3 N–H and O–H groups in total. The highest BCUT2D eigenvalue weighted by molar-refractivity contribution is 5.85. The van der Waals surface area contributed by atoms with E-state index in [9.17, 15) is 14.7 Å². The van der Waals surface area contributed by atoms with Gasteiger partial charge >= 0.3 is 5.97 Å². The molecular formula is C38H44N4O4. The Kier molecular flexibility index (Phi) is 9.08. The molecule has 2 saturated heterocycles. The van der Waals surface area contributed by atoms with E-state index in [2.05, 4.69) is 80.9 Å². The van der Waals surface area contributed by atoms with E-state index < -0.39 is 5.97 Å². The fourth-order valence-corrected chi connectivity index (χ4v) is 7.47. The number of benzene rings is 3. The number of ether oxygens (including phenoxy) is 1. The summed E-state index contributed by atoms with van der Waals surface area (Å²) in [6.45, 7) is 4.40. The maximum Gasteiger partial charge on any atom is 0.320 e. The lowest BCUT2D eigenvalue weighted by molar-refractivity contribution is -0.142. The van der Waals surface area contributed by atoms with Gasteiger partial charge in [0.25, 0.3) is 0 Å². The maximum atomic E-state index is 14.3. The molecule has 3 heterocycles. The number of aliphatic carboxylic acids is 1. The number of likely N-dealkylation sites (tertiary alicyclic amines) is 1. The van der Waals surface area contributed by atoms with E-state index in [4.69, 9.17) is 4.74 Å². The molecule has 1 saturated carbocycles. The smallest absolute Gasteiger partial charge is 0.320 e. The van der Waals surface area contributed by atoms with Crippen LogP contribution in [0, 0.1) is 5.92 Å². The molecule has 0 radical (unpaired) electrons. The van der Waals surface area contributed by atoms with Gasteiger partial charge in [-0.15, -0.1) is 0 Å². The van der Waals surface area contributed by atoms with Crippen molar-refractivity contribution in [2.75, 3.05) is 32.8 Å². The fraction of sp³-hybridized carbons (Fsp3) is 0.421. The number of hydrogen-bond donors (Lipinski definition) is 3. The summed E-state index contributed by atoms with van der Waals surface area (Å²) in [4.78, 5) is 33.3. The highest BCUT2D eigenvalue weighted by Crippen LogP contribution is 2.38. The minimum atomic E-state index is -0.720. The monoisotopic (exact) mass is 620 g/mol. The summed E-state index contributed by atoms with van der Waals surface area (Å²) in [5, 5.41) is 14.1. The number of piperidine rings is 1. The Morgan fingerprint density at radius 2 is 1.80 bits per heavy atom. The minimum Gasteiger partial charge on any atom is -0.494 e. The third-order valence-corrected chi connectivity index (χ3v) is 10.1. The standard InChI is InChI=1S/C38H44N4O4/c43-37(42(30-13-14-30)25-29-23-40-35-9-2-1-8-33(29)35)34-24-39-18-17-32(34)28-7-3-6-27(22-28)26-11-15-31(16-12-26)46-21-5-20-41-19-4-10-36(41)38(44)45/h1-3,6-9,11-12,15-16,22-23,30,32,34,36,39-40H,4-5,10,13-14,17-21,24-25H2,(H,44,45)/t32-,34+,36?/m1/s1. The van der Waals surface area contributed by atoms with Gasteiger partial charge in [-0.3, -0.25) is 14.5 Å². The summed E-state index contributed by atoms with van der Waals surface area (Å²) in [7, 11) is 0. The molecule has 3 aromatic carbocycles. The van der Waals surface area contributed by atoms with E-state index in [0.717, 1.165) is 80.6 Å². The summed E-state index contributed by atoms with van der Waals surface area (Å²) in [6, 6.07) is 25.2. The second-order valence-corrected chi connectivity index (χ2v) is 13.1. The summed E-state index contributed by atoms with van der Waals surface area (Å²) in [6.07, 6.45) is 7.63. The molecular weight excluding hydrogens is 576 g/mol. The molecule has 3 aliphatic rings. The van der Waals surface area contributed by atoms with Gasteiger partial charge in [-0.1, -0.05) is 54.6 Å². The zero-order chi connectivity index (χ0) is 31.5. The molecule has 3 atom stereocenters. The van der Waals surface area contributed by atoms with Gasteiger partial charge in [0.2, 0.25) is 5.91 Å². The number of carbonyl (C=O) groups is 2. The number of para-hydroxylation sites is 1. The number of carbonyl (C=O) groups excluding carboxylic acids is 1. The summed E-state index contributed by atoms with van der Waals surface area (Å²) in [5.41, 5.74) is 5.78. The first-order valence-electron chi connectivity index (χ1n) is 16.9. The number of nitrogens with one attached hydrogen (secondary N) is 2. The first-order chi connectivity index (χ1) is 22.5. The Bertz CT molecular complexity index is 1660. The number of aromatic nitrogens is 1. The molecule has 4 aromatic rings. The van der Waals surface area contributed by atoms with Crippen molar-refractivity contribution in [3.63, 3.8) is 0 Å². The van der Waals surface area contributed by atoms with Crippen molar-refractivity contribution in [1.29, 1.82) is 0 Å². The molecule has 1 unspecified atom stereocenters. The van der Waals surface area contributed by atoms with E-state index in [1.165, 1.54) is 16.5 Å². The van der Waals surface area contributed by atoms with Gasteiger partial charge in [0.1, 0.15) is 11.8 Å². The number of nitrogens with zero attached hydrogens (tertiary/aromatic N) is 2. The Hall–Kier alpha value is -4.14. The van der Waals surface area contributed by atoms with Crippen LogP contribution < -0.4 is 10.1 Å². The average Bonchev–Trinajstić information content (AvgIpc) is 3.68. The highest BCUT2D eigenvalue weighted by Gasteiger charge is 2.40. The second-order valence-electron chi connectivity index (χ2n) is 13.1. The van der Waals surface area contributed by atoms with Gasteiger partial charge in [-0.25, -0.2) is 0 Å². The number of fused-ring (bicyclic) bond motifs is 1. The van der Waals surface area contributed by atoms with Crippen LogP contribution in [0.2, 0.25) is 0 Å². The van der Waals surface area contributed by atoms with Crippen LogP contribution in [0.25, 0.3) is 22.0 Å². The van der Waals surface area contributed by atoms with Gasteiger partial charge in [0, 0.05) is 42.8 Å².